The van der Waals surface area contributed by atoms with Crippen LogP contribution in [-0.2, 0) is 41.7 Å². The Hall–Kier alpha value is -6.20. The van der Waals surface area contributed by atoms with E-state index in [1.807, 2.05) is 0 Å². The number of carboxylic acids is 1. The first-order valence-corrected chi connectivity index (χ1v) is 22.9. The maximum atomic E-state index is 13.6. The van der Waals surface area contributed by atoms with Crippen molar-refractivity contribution in [3.8, 4) is 5.75 Å². The number of nitrogens with one attached hydrogen (secondary N) is 5. The van der Waals surface area contributed by atoms with Crippen LogP contribution >= 0.6 is 0 Å². The highest BCUT2D eigenvalue weighted by molar-refractivity contribution is 5.95. The van der Waals surface area contributed by atoms with E-state index in [-0.39, 0.29) is 42.7 Å². The molecule has 22 nitrogen and oxygen atoms in total. The minimum atomic E-state index is -2.70. The van der Waals surface area contributed by atoms with E-state index >= 15 is 0 Å². The van der Waals surface area contributed by atoms with Crippen LogP contribution in [0.3, 0.4) is 0 Å². The van der Waals surface area contributed by atoms with Crippen molar-refractivity contribution in [2.45, 2.75) is 146 Å². The number of alkyl carbamates (subject to hydrolysis) is 1. The summed E-state index contributed by atoms with van der Waals surface area (Å²) in [5.74, 6) is -6.54. The number of benzene rings is 2. The molecule has 0 spiro atoms. The smallest absolute Gasteiger partial charge is 0.407 e. The quantitative estimate of drug-likeness (QED) is 0.0849. The van der Waals surface area contributed by atoms with Gasteiger partial charge in [0.2, 0.25) is 11.8 Å². The molecule has 2 aliphatic carbocycles. The number of phenolic OH excluding ortho intramolecular Hbond substituents is 1. The van der Waals surface area contributed by atoms with Crippen molar-refractivity contribution in [3.63, 3.8) is 0 Å². The summed E-state index contributed by atoms with van der Waals surface area (Å²) in [6, 6.07) is 6.96. The van der Waals surface area contributed by atoms with Crippen molar-refractivity contribution in [1.29, 1.82) is 0 Å². The van der Waals surface area contributed by atoms with E-state index in [4.69, 9.17) is 14.2 Å². The number of ether oxygens (including phenoxy) is 3. The maximum absolute atomic E-state index is 13.6. The number of carboxylic acid groups (broad SMARTS) is 1. The minimum absolute atomic E-state index is 0.00683. The minimum Gasteiger partial charge on any atom is -0.507 e. The van der Waals surface area contributed by atoms with Crippen molar-refractivity contribution >= 4 is 35.7 Å². The number of amides is 5. The van der Waals surface area contributed by atoms with Gasteiger partial charge in [-0.25, -0.2) is 14.3 Å². The molecule has 6 rings (SSSR count). The first-order chi connectivity index (χ1) is 32.5. The summed E-state index contributed by atoms with van der Waals surface area (Å²) in [5.41, 5.74) is 2.65. The van der Waals surface area contributed by atoms with E-state index in [0.717, 1.165) is 37.8 Å². The molecule has 370 valence electrons. The maximum Gasteiger partial charge on any atom is 0.407 e. The fourth-order valence-electron chi connectivity index (χ4n) is 8.97. The molecule has 2 saturated carbocycles. The van der Waals surface area contributed by atoms with Crippen molar-refractivity contribution in [2.75, 3.05) is 20.1 Å². The molecule has 8 atom stereocenters. The fourth-order valence-corrected chi connectivity index (χ4v) is 8.97. The number of carbonyl (C=O) groups is 6. The highest BCUT2D eigenvalue weighted by Crippen LogP contribution is 2.37. The fraction of sp³-hybridized carbons (Fsp3) is 0.565. The number of hydrogen-bond acceptors (Lipinski definition) is 15. The number of aliphatic hydroxyl groups is 3. The second-order valence-corrected chi connectivity index (χ2v) is 17.7. The molecule has 68 heavy (non-hydrogen) atoms. The Morgan fingerprint density at radius 2 is 1.60 bits per heavy atom. The van der Waals surface area contributed by atoms with Gasteiger partial charge in [0, 0.05) is 43.3 Å². The van der Waals surface area contributed by atoms with Crippen molar-refractivity contribution in [2.24, 2.45) is 0 Å². The zero-order chi connectivity index (χ0) is 49.1. The monoisotopic (exact) mass is 950 g/mol. The Bertz CT molecular complexity index is 2260. The highest BCUT2D eigenvalue weighted by atomic mass is 16.7. The molecule has 1 aromatic heterocycles. The molecule has 1 saturated heterocycles. The zero-order valence-electron chi connectivity index (χ0n) is 38.3. The number of aromatic nitrogens is 3. The van der Waals surface area contributed by atoms with E-state index in [0.29, 0.717) is 41.5 Å². The molecule has 3 fully saturated rings. The van der Waals surface area contributed by atoms with E-state index in [1.54, 1.807) is 44.3 Å². The number of nitrogens with zero attached hydrogens (tertiary/aromatic N) is 3. The molecule has 0 radical (unpaired) electrons. The molecule has 3 aliphatic rings. The topological polar surface area (TPSA) is 322 Å². The SMILES string of the molecule is CNC(=O)c1cccc(COC(=O)NCC(=O)NC2CCCCC2O[C@]2(C(=O)O)C[C@H](O)[C@@H](NC(=O)Cn3cc(C4CCCCC4)nn3)[C@H]([C@H](O)[C@H](O)CNC(=O)c3cc(C)c(O)c(C)c3)O2)c1. The van der Waals surface area contributed by atoms with E-state index in [2.05, 4.69) is 36.9 Å². The summed E-state index contributed by atoms with van der Waals surface area (Å²) in [4.78, 5) is 77.6. The Kier molecular flexibility index (Phi) is 17.5. The van der Waals surface area contributed by atoms with Crippen LogP contribution in [0.5, 0.6) is 5.75 Å². The predicted octanol–water partition coefficient (Wildman–Crippen LogP) is 0.946. The Balaban J connectivity index is 1.14. The Labute approximate surface area is 392 Å². The van der Waals surface area contributed by atoms with Crippen LogP contribution in [0.25, 0.3) is 0 Å². The van der Waals surface area contributed by atoms with Gasteiger partial charge in [-0.3, -0.25) is 19.2 Å². The van der Waals surface area contributed by atoms with Gasteiger partial charge in [-0.15, -0.1) is 5.10 Å². The van der Waals surface area contributed by atoms with Crippen LogP contribution < -0.4 is 26.6 Å². The lowest BCUT2D eigenvalue weighted by Gasteiger charge is -2.48. The lowest BCUT2D eigenvalue weighted by Crippen LogP contribution is -2.69. The molecule has 1 aliphatic heterocycles. The van der Waals surface area contributed by atoms with Crippen molar-refractivity contribution in [3.05, 3.63) is 76.1 Å². The molecule has 5 amide bonds. The lowest BCUT2D eigenvalue weighted by molar-refractivity contribution is -0.325. The zero-order valence-corrected chi connectivity index (χ0v) is 38.3. The van der Waals surface area contributed by atoms with Crippen molar-refractivity contribution < 1.29 is 68.5 Å². The van der Waals surface area contributed by atoms with E-state index in [1.165, 1.54) is 23.9 Å². The molecule has 2 unspecified atom stereocenters. The largest absolute Gasteiger partial charge is 0.507 e. The highest BCUT2D eigenvalue weighted by Gasteiger charge is 2.57. The summed E-state index contributed by atoms with van der Waals surface area (Å²) >= 11 is 0. The molecule has 2 heterocycles. The van der Waals surface area contributed by atoms with Gasteiger partial charge in [-0.05, 0) is 80.5 Å². The summed E-state index contributed by atoms with van der Waals surface area (Å²) in [5, 5.41) is 76.8. The molecule has 2 aromatic carbocycles. The number of carbonyl (C=O) groups excluding carboxylic acids is 5. The van der Waals surface area contributed by atoms with Gasteiger partial charge in [-0.1, -0.05) is 49.5 Å². The summed E-state index contributed by atoms with van der Waals surface area (Å²) in [7, 11) is 1.49. The normalized spacial score (nSPS) is 23.9. The third-order valence-electron chi connectivity index (χ3n) is 12.6. The molecular formula is C46H62N8O14. The number of hydrogen-bond donors (Lipinski definition) is 10. The number of phenols is 1. The Morgan fingerprint density at radius 3 is 2.31 bits per heavy atom. The predicted molar refractivity (Wildman–Crippen MR) is 239 cm³/mol. The third-order valence-corrected chi connectivity index (χ3v) is 12.6. The van der Waals surface area contributed by atoms with Gasteiger partial charge in [0.1, 0.15) is 37.7 Å². The average Bonchev–Trinajstić information content (AvgIpc) is 3.80. The number of aryl methyl sites for hydroxylation is 2. The number of rotatable bonds is 18. The molecule has 0 bridgehead atoms. The van der Waals surface area contributed by atoms with Gasteiger partial charge in [0.05, 0.1) is 36.1 Å². The standard InChI is InChI=1S/C46H62N8O14/c1-25-16-30(17-26(2)39(25)59)43(62)48-20-34(56)40(60)41-38(51-37(58)23-54-22-32(52-53-54)28-11-5-4-6-12-28)33(55)19-46(68-41,44(63)64)67-35-15-8-7-14-31(35)50-36(57)21-49-45(65)66-24-27-10-9-13-29(18-27)42(61)47-3/h9-10,13,16-18,22,28,31,33-35,38,40-41,55-56,59-60H,4-8,11-12,14-15,19-21,23-24H2,1-3H3,(H,47,61)(H,48,62)(H,49,65)(H,50,57)(H,51,58)(H,63,64)/t31?,33-,34+,35?,38+,40+,41+,46+/m0/s1. The summed E-state index contributed by atoms with van der Waals surface area (Å²) in [6.45, 7) is 1.55. The van der Waals surface area contributed by atoms with Crippen LogP contribution in [0.2, 0.25) is 0 Å². The first-order valence-electron chi connectivity index (χ1n) is 22.9. The van der Waals surface area contributed by atoms with Crippen LogP contribution in [0.1, 0.15) is 113 Å². The van der Waals surface area contributed by atoms with E-state index < -0.39 is 97.7 Å². The van der Waals surface area contributed by atoms with Gasteiger partial charge >= 0.3 is 12.1 Å². The van der Waals surface area contributed by atoms with Gasteiger partial charge in [-0.2, -0.15) is 0 Å². The van der Waals surface area contributed by atoms with Crippen LogP contribution in [-0.4, -0.2) is 145 Å². The Morgan fingerprint density at radius 1 is 0.897 bits per heavy atom. The third kappa shape index (κ3) is 13.1. The van der Waals surface area contributed by atoms with Gasteiger partial charge < -0.3 is 66.3 Å². The van der Waals surface area contributed by atoms with Crippen LogP contribution in [0.15, 0.2) is 42.6 Å². The van der Waals surface area contributed by atoms with Gasteiger partial charge in [0.15, 0.2) is 0 Å². The van der Waals surface area contributed by atoms with Crippen LogP contribution in [0.4, 0.5) is 4.79 Å². The first kappa shape index (κ1) is 51.2. The second kappa shape index (κ2) is 23.2. The lowest BCUT2D eigenvalue weighted by atomic mass is 9.87. The summed E-state index contributed by atoms with van der Waals surface area (Å²) < 4.78 is 18.9. The van der Waals surface area contributed by atoms with E-state index in [9.17, 15) is 54.3 Å². The molecule has 3 aromatic rings. The number of aliphatic hydroxyl groups excluding tert-OH is 3. The second-order valence-electron chi connectivity index (χ2n) is 17.7. The molecular weight excluding hydrogens is 889 g/mol. The molecule has 22 heteroatoms. The van der Waals surface area contributed by atoms with Gasteiger partial charge in [0.25, 0.3) is 17.6 Å². The average molecular weight is 951 g/mol. The van der Waals surface area contributed by atoms with Crippen molar-refractivity contribution in [1.82, 2.24) is 41.6 Å². The number of aliphatic carboxylic acids is 1. The molecule has 10 N–H and O–H groups in total. The van der Waals surface area contributed by atoms with Crippen LogP contribution in [0, 0.1) is 13.8 Å². The number of aromatic hydroxyl groups is 1. The summed E-state index contributed by atoms with van der Waals surface area (Å²) in [6.07, 6.45) is -1.74.